The molecule has 0 aliphatic rings. The Morgan fingerprint density at radius 1 is 1.38 bits per heavy atom. The van der Waals surface area contributed by atoms with Gasteiger partial charge in [0.15, 0.2) is 0 Å². The summed E-state index contributed by atoms with van der Waals surface area (Å²) < 4.78 is 24.4. The number of nitrogens with two attached hydrogens (primary N) is 2. The van der Waals surface area contributed by atoms with E-state index in [1.54, 1.807) is 0 Å². The Morgan fingerprint density at radius 3 is 2.46 bits per heavy atom. The highest BCUT2D eigenvalue weighted by molar-refractivity contribution is 5.69. The molecule has 13 heavy (non-hydrogen) atoms. The Bertz CT molecular complexity index is 317. The maximum Gasteiger partial charge on any atom is 0.267 e. The lowest BCUT2D eigenvalue weighted by Gasteiger charge is -2.09. The van der Waals surface area contributed by atoms with Crippen LogP contribution < -0.4 is 11.5 Å². The molecule has 0 aliphatic heterocycles. The molecule has 0 bridgehead atoms. The third-order valence-electron chi connectivity index (χ3n) is 1.66. The second-order valence-electron chi connectivity index (χ2n) is 2.45. The van der Waals surface area contributed by atoms with Gasteiger partial charge >= 0.3 is 0 Å². The van der Waals surface area contributed by atoms with Crippen LogP contribution in [-0.2, 0) is 6.61 Å². The van der Waals surface area contributed by atoms with Gasteiger partial charge in [-0.1, -0.05) is 0 Å². The average Bonchev–Trinajstić information content (AvgIpc) is 2.09. The van der Waals surface area contributed by atoms with Crippen LogP contribution in [0.2, 0.25) is 0 Å². The molecule has 72 valence electrons. The molecule has 0 saturated carbocycles. The van der Waals surface area contributed by atoms with Gasteiger partial charge in [-0.25, -0.2) is 8.78 Å². The van der Waals surface area contributed by atoms with Crippen molar-refractivity contribution in [3.8, 4) is 0 Å². The van der Waals surface area contributed by atoms with Gasteiger partial charge in [0.25, 0.3) is 6.43 Å². The summed E-state index contributed by atoms with van der Waals surface area (Å²) in [5.74, 6) is 0. The van der Waals surface area contributed by atoms with E-state index in [0.717, 1.165) is 6.20 Å². The van der Waals surface area contributed by atoms with Crippen LogP contribution in [0.3, 0.4) is 0 Å². The molecule has 6 heteroatoms. The van der Waals surface area contributed by atoms with Crippen LogP contribution in [0.25, 0.3) is 0 Å². The summed E-state index contributed by atoms with van der Waals surface area (Å²) in [5.41, 5.74) is 10.1. The van der Waals surface area contributed by atoms with Crippen molar-refractivity contribution in [1.29, 1.82) is 0 Å². The number of anilines is 2. The minimum absolute atomic E-state index is 0.0831. The van der Waals surface area contributed by atoms with Gasteiger partial charge in [-0.2, -0.15) is 0 Å². The lowest BCUT2D eigenvalue weighted by Crippen LogP contribution is -2.06. The van der Waals surface area contributed by atoms with Crippen molar-refractivity contribution in [2.24, 2.45) is 0 Å². The second kappa shape index (κ2) is 3.53. The lowest BCUT2D eigenvalue weighted by atomic mass is 10.2. The predicted molar refractivity (Wildman–Crippen MR) is 43.9 cm³/mol. The summed E-state index contributed by atoms with van der Waals surface area (Å²) >= 11 is 0. The van der Waals surface area contributed by atoms with Crippen molar-refractivity contribution in [3.63, 3.8) is 0 Å². The Morgan fingerprint density at radius 2 is 2.00 bits per heavy atom. The molecule has 0 spiro atoms. The number of nitrogen functional groups attached to an aromatic ring is 2. The maximum absolute atomic E-state index is 12.2. The number of hydrogen-bond donors (Lipinski definition) is 3. The molecule has 0 fully saturated rings. The Balaban J connectivity index is 3.23. The number of pyridine rings is 1. The van der Waals surface area contributed by atoms with Gasteiger partial charge in [-0.15, -0.1) is 0 Å². The molecule has 0 aliphatic carbocycles. The zero-order valence-corrected chi connectivity index (χ0v) is 6.67. The second-order valence-corrected chi connectivity index (χ2v) is 2.45. The Kier molecular flexibility index (Phi) is 2.62. The Labute approximate surface area is 73.2 Å². The molecule has 1 aromatic rings. The standard InChI is InChI=1S/C7H9F2N3O/c8-7(9)3-1-12-4(2-13)6(11)5(3)10/h1,7,13H,2,11H2,(H2,10,12). The number of aliphatic hydroxyl groups is 1. The van der Waals surface area contributed by atoms with E-state index < -0.39 is 18.6 Å². The van der Waals surface area contributed by atoms with Gasteiger partial charge in [0, 0.05) is 6.20 Å². The molecule has 0 aromatic carbocycles. The first-order valence-electron chi connectivity index (χ1n) is 3.49. The zero-order valence-electron chi connectivity index (χ0n) is 6.67. The molecule has 0 unspecified atom stereocenters. The number of halogens is 2. The van der Waals surface area contributed by atoms with E-state index in [1.165, 1.54) is 0 Å². The quantitative estimate of drug-likeness (QED) is 0.638. The number of aliphatic hydroxyl groups excluding tert-OH is 1. The van der Waals surface area contributed by atoms with Gasteiger partial charge in [0.1, 0.15) is 0 Å². The van der Waals surface area contributed by atoms with Crippen molar-refractivity contribution in [2.75, 3.05) is 11.5 Å². The fourth-order valence-corrected chi connectivity index (χ4v) is 0.897. The highest BCUT2D eigenvalue weighted by Gasteiger charge is 2.15. The number of nitrogens with zero attached hydrogens (tertiary/aromatic N) is 1. The minimum Gasteiger partial charge on any atom is -0.397 e. The van der Waals surface area contributed by atoms with Gasteiger partial charge in [0.05, 0.1) is 29.2 Å². The predicted octanol–water partition coefficient (Wildman–Crippen LogP) is 0.676. The number of alkyl halides is 2. The first kappa shape index (κ1) is 9.66. The molecule has 0 atom stereocenters. The van der Waals surface area contributed by atoms with E-state index in [-0.39, 0.29) is 17.1 Å². The average molecular weight is 189 g/mol. The van der Waals surface area contributed by atoms with E-state index in [1.807, 2.05) is 0 Å². The van der Waals surface area contributed by atoms with Gasteiger partial charge < -0.3 is 16.6 Å². The van der Waals surface area contributed by atoms with Crippen LogP contribution in [0.4, 0.5) is 20.2 Å². The fourth-order valence-electron chi connectivity index (χ4n) is 0.897. The number of rotatable bonds is 2. The molecular formula is C7H9F2N3O. The molecule has 1 heterocycles. The van der Waals surface area contributed by atoms with Crippen LogP contribution in [0, 0.1) is 0 Å². The largest absolute Gasteiger partial charge is 0.397 e. The minimum atomic E-state index is -2.71. The van der Waals surface area contributed by atoms with Crippen LogP contribution in [0.15, 0.2) is 6.20 Å². The third-order valence-corrected chi connectivity index (χ3v) is 1.66. The van der Waals surface area contributed by atoms with Crippen LogP contribution >= 0.6 is 0 Å². The molecule has 4 nitrogen and oxygen atoms in total. The topological polar surface area (TPSA) is 85.2 Å². The summed E-state index contributed by atoms with van der Waals surface area (Å²) in [4.78, 5) is 3.54. The lowest BCUT2D eigenvalue weighted by molar-refractivity contribution is 0.151. The van der Waals surface area contributed by atoms with Crippen molar-refractivity contribution in [1.82, 2.24) is 4.98 Å². The van der Waals surface area contributed by atoms with E-state index >= 15 is 0 Å². The molecule has 0 radical (unpaired) electrons. The summed E-state index contributed by atoms with van der Waals surface area (Å²) in [7, 11) is 0. The maximum atomic E-state index is 12.2. The summed E-state index contributed by atoms with van der Waals surface area (Å²) in [5, 5.41) is 8.69. The Hall–Kier alpha value is -1.43. The van der Waals surface area contributed by atoms with E-state index in [4.69, 9.17) is 16.6 Å². The van der Waals surface area contributed by atoms with Crippen molar-refractivity contribution >= 4 is 11.4 Å². The number of hydrogen-bond acceptors (Lipinski definition) is 4. The van der Waals surface area contributed by atoms with Crippen molar-refractivity contribution in [3.05, 3.63) is 17.5 Å². The first-order valence-corrected chi connectivity index (χ1v) is 3.49. The van der Waals surface area contributed by atoms with E-state index in [0.29, 0.717) is 0 Å². The zero-order chi connectivity index (χ0) is 10.0. The first-order chi connectivity index (χ1) is 6.07. The van der Waals surface area contributed by atoms with Crippen LogP contribution in [0.1, 0.15) is 17.7 Å². The third kappa shape index (κ3) is 1.67. The normalized spacial score (nSPS) is 10.8. The van der Waals surface area contributed by atoms with E-state index in [2.05, 4.69) is 4.98 Å². The fraction of sp³-hybridized carbons (Fsp3) is 0.286. The molecule has 1 aromatic heterocycles. The van der Waals surface area contributed by atoms with E-state index in [9.17, 15) is 8.78 Å². The number of aromatic nitrogens is 1. The molecular weight excluding hydrogens is 180 g/mol. The molecule has 0 saturated heterocycles. The van der Waals surface area contributed by atoms with Gasteiger partial charge in [-0.3, -0.25) is 4.98 Å². The molecule has 5 N–H and O–H groups in total. The summed E-state index contributed by atoms with van der Waals surface area (Å²) in [6.45, 7) is -0.417. The molecule has 1 rings (SSSR count). The highest BCUT2D eigenvalue weighted by atomic mass is 19.3. The van der Waals surface area contributed by atoms with Crippen LogP contribution in [0.5, 0.6) is 0 Å². The SMILES string of the molecule is Nc1c(C(F)F)cnc(CO)c1N. The van der Waals surface area contributed by atoms with Crippen molar-refractivity contribution in [2.45, 2.75) is 13.0 Å². The molecule has 0 amide bonds. The monoisotopic (exact) mass is 189 g/mol. The van der Waals surface area contributed by atoms with Gasteiger partial charge in [-0.05, 0) is 0 Å². The van der Waals surface area contributed by atoms with Crippen LogP contribution in [-0.4, -0.2) is 10.1 Å². The smallest absolute Gasteiger partial charge is 0.267 e. The van der Waals surface area contributed by atoms with Crippen molar-refractivity contribution < 1.29 is 13.9 Å². The highest BCUT2D eigenvalue weighted by Crippen LogP contribution is 2.29. The summed E-state index contributed by atoms with van der Waals surface area (Å²) in [6.07, 6.45) is -1.79. The van der Waals surface area contributed by atoms with Gasteiger partial charge in [0.2, 0.25) is 0 Å². The summed E-state index contributed by atoms with van der Waals surface area (Å²) in [6, 6.07) is 0.